The van der Waals surface area contributed by atoms with Crippen LogP contribution in [0, 0.1) is 0 Å². The number of halogens is 2. The molecule has 0 aliphatic carbocycles. The van der Waals surface area contributed by atoms with Crippen LogP contribution in [0.5, 0.6) is 5.75 Å². The number of benzene rings is 2. The molecule has 1 aliphatic heterocycles. The van der Waals surface area contributed by atoms with Gasteiger partial charge >= 0.3 is 6.61 Å². The third kappa shape index (κ3) is 7.42. The third-order valence-corrected chi connectivity index (χ3v) is 5.55. The lowest BCUT2D eigenvalue weighted by Crippen LogP contribution is -2.51. The Hall–Kier alpha value is -3.20. The highest BCUT2D eigenvalue weighted by atomic mass is 19.3. The Morgan fingerprint density at radius 1 is 1.03 bits per heavy atom. The molecular formula is C24H30F2N4O3. The number of hydrogen-bond acceptors (Lipinski definition) is 5. The van der Waals surface area contributed by atoms with Crippen LogP contribution in [-0.2, 0) is 4.79 Å². The summed E-state index contributed by atoms with van der Waals surface area (Å²) in [4.78, 5) is 30.8. The second-order valence-electron chi connectivity index (χ2n) is 7.90. The van der Waals surface area contributed by atoms with Gasteiger partial charge in [-0.15, -0.1) is 0 Å². The Labute approximate surface area is 192 Å². The van der Waals surface area contributed by atoms with Crippen LogP contribution in [0.25, 0.3) is 0 Å². The minimum atomic E-state index is -2.99. The monoisotopic (exact) mass is 460 g/mol. The summed E-state index contributed by atoms with van der Waals surface area (Å²) >= 11 is 0. The Morgan fingerprint density at radius 2 is 1.70 bits per heavy atom. The number of amides is 2. The molecule has 0 aromatic heterocycles. The van der Waals surface area contributed by atoms with Crippen LogP contribution in [0.3, 0.4) is 0 Å². The van der Waals surface area contributed by atoms with Gasteiger partial charge < -0.3 is 19.9 Å². The molecule has 178 valence electrons. The third-order valence-electron chi connectivity index (χ3n) is 5.55. The molecule has 33 heavy (non-hydrogen) atoms. The van der Waals surface area contributed by atoms with Crippen LogP contribution >= 0.6 is 0 Å². The van der Waals surface area contributed by atoms with Gasteiger partial charge in [-0.3, -0.25) is 14.5 Å². The van der Waals surface area contributed by atoms with Crippen molar-refractivity contribution in [2.45, 2.75) is 13.0 Å². The number of carbonyl (C=O) groups is 2. The molecule has 1 saturated heterocycles. The molecule has 0 bridgehead atoms. The molecule has 3 rings (SSSR count). The number of alkyl halides is 2. The number of nitrogens with zero attached hydrogens (tertiary/aromatic N) is 3. The lowest BCUT2D eigenvalue weighted by molar-refractivity contribution is -0.122. The number of ether oxygens (including phenoxy) is 1. The lowest BCUT2D eigenvalue weighted by atomic mass is 10.1. The Kier molecular flexibility index (Phi) is 9.00. The molecule has 2 aromatic carbocycles. The van der Waals surface area contributed by atoms with Crippen molar-refractivity contribution in [2.75, 3.05) is 57.8 Å². The van der Waals surface area contributed by atoms with Crippen molar-refractivity contribution in [1.82, 2.24) is 15.1 Å². The Balaban J connectivity index is 1.37. The molecule has 9 heteroatoms. The van der Waals surface area contributed by atoms with Gasteiger partial charge in [0.25, 0.3) is 5.91 Å². The van der Waals surface area contributed by atoms with Gasteiger partial charge in [-0.25, -0.2) is 0 Å². The average molecular weight is 461 g/mol. The zero-order valence-corrected chi connectivity index (χ0v) is 18.8. The minimum absolute atomic E-state index is 0.0483. The number of nitrogens with one attached hydrogen (secondary N) is 1. The first kappa shape index (κ1) is 24.4. The van der Waals surface area contributed by atoms with E-state index in [-0.39, 0.29) is 29.7 Å². The molecule has 1 N–H and O–H groups in total. The van der Waals surface area contributed by atoms with E-state index in [1.54, 1.807) is 17.0 Å². The smallest absolute Gasteiger partial charge is 0.387 e. The van der Waals surface area contributed by atoms with E-state index in [2.05, 4.69) is 15.0 Å². The van der Waals surface area contributed by atoms with E-state index in [0.29, 0.717) is 32.7 Å². The van der Waals surface area contributed by atoms with Crippen LogP contribution in [0.1, 0.15) is 16.8 Å². The van der Waals surface area contributed by atoms with E-state index < -0.39 is 6.61 Å². The summed E-state index contributed by atoms with van der Waals surface area (Å²) in [6.07, 6.45) is 0.833. The van der Waals surface area contributed by atoms with E-state index in [9.17, 15) is 18.4 Å². The maximum absolute atomic E-state index is 12.8. The molecule has 2 aromatic rings. The van der Waals surface area contributed by atoms with Crippen molar-refractivity contribution in [3.8, 4) is 5.75 Å². The van der Waals surface area contributed by atoms with E-state index in [0.717, 1.165) is 18.7 Å². The summed E-state index contributed by atoms with van der Waals surface area (Å²) in [5.41, 5.74) is 1.25. The molecule has 0 atom stereocenters. The fourth-order valence-corrected chi connectivity index (χ4v) is 3.74. The predicted molar refractivity (Wildman–Crippen MR) is 123 cm³/mol. The molecule has 0 radical (unpaired) electrons. The number of hydrogen-bond donors (Lipinski definition) is 1. The molecule has 0 unspecified atom stereocenters. The van der Waals surface area contributed by atoms with Gasteiger partial charge in [0, 0.05) is 52.0 Å². The van der Waals surface area contributed by atoms with Gasteiger partial charge in [0.05, 0.1) is 12.1 Å². The van der Waals surface area contributed by atoms with Gasteiger partial charge in [0.15, 0.2) is 0 Å². The Morgan fingerprint density at radius 3 is 2.39 bits per heavy atom. The quantitative estimate of drug-likeness (QED) is 0.553. The zero-order chi connectivity index (χ0) is 23.6. The minimum Gasteiger partial charge on any atom is -0.434 e. The molecule has 2 amide bonds. The number of piperazine rings is 1. The number of rotatable bonds is 10. The molecule has 1 heterocycles. The standard InChI is InChI=1S/C24H30F2N4O3/c1-28(19-8-3-2-4-9-19)13-7-12-27-22(31)18-29-14-16-30(17-15-29)23(32)20-10-5-6-11-21(20)33-24(25)26/h2-6,8-11,24H,7,12-18H2,1H3,(H,27,31). The van der Waals surface area contributed by atoms with Crippen molar-refractivity contribution >= 4 is 17.5 Å². The maximum atomic E-state index is 12.8. The van der Waals surface area contributed by atoms with Gasteiger partial charge in [-0.2, -0.15) is 8.78 Å². The first-order valence-corrected chi connectivity index (χ1v) is 11.0. The van der Waals surface area contributed by atoms with E-state index in [1.807, 2.05) is 42.3 Å². The van der Waals surface area contributed by atoms with Crippen molar-refractivity contribution in [2.24, 2.45) is 0 Å². The van der Waals surface area contributed by atoms with Crippen LogP contribution < -0.4 is 15.0 Å². The number of para-hydroxylation sites is 2. The average Bonchev–Trinajstić information content (AvgIpc) is 2.82. The largest absolute Gasteiger partial charge is 0.434 e. The van der Waals surface area contributed by atoms with Gasteiger partial charge in [0.1, 0.15) is 5.75 Å². The van der Waals surface area contributed by atoms with Gasteiger partial charge in [-0.05, 0) is 30.7 Å². The lowest BCUT2D eigenvalue weighted by Gasteiger charge is -2.34. The molecule has 0 saturated carbocycles. The predicted octanol–water partition coefficient (Wildman–Crippen LogP) is 2.69. The Bertz CT molecular complexity index is 906. The highest BCUT2D eigenvalue weighted by Crippen LogP contribution is 2.22. The van der Waals surface area contributed by atoms with Crippen molar-refractivity contribution in [3.63, 3.8) is 0 Å². The first-order valence-electron chi connectivity index (χ1n) is 11.0. The van der Waals surface area contributed by atoms with Crippen LogP contribution in [0.4, 0.5) is 14.5 Å². The zero-order valence-electron chi connectivity index (χ0n) is 18.8. The SMILES string of the molecule is CN(CCCNC(=O)CN1CCN(C(=O)c2ccccc2OC(F)F)CC1)c1ccccc1. The van der Waals surface area contributed by atoms with Crippen LogP contribution in [-0.4, -0.2) is 81.1 Å². The van der Waals surface area contributed by atoms with Crippen molar-refractivity contribution in [1.29, 1.82) is 0 Å². The molecule has 1 aliphatic rings. The normalized spacial score (nSPS) is 14.2. The summed E-state index contributed by atoms with van der Waals surface area (Å²) in [7, 11) is 2.02. The second-order valence-corrected chi connectivity index (χ2v) is 7.90. The molecule has 1 fully saturated rings. The molecule has 7 nitrogen and oxygen atoms in total. The van der Waals surface area contributed by atoms with E-state index in [1.165, 1.54) is 12.1 Å². The van der Waals surface area contributed by atoms with Crippen molar-refractivity contribution < 1.29 is 23.1 Å². The maximum Gasteiger partial charge on any atom is 0.387 e. The highest BCUT2D eigenvalue weighted by Gasteiger charge is 2.25. The van der Waals surface area contributed by atoms with Crippen molar-refractivity contribution in [3.05, 3.63) is 60.2 Å². The fraction of sp³-hybridized carbons (Fsp3) is 0.417. The van der Waals surface area contributed by atoms with Gasteiger partial charge in [0.2, 0.25) is 5.91 Å². The van der Waals surface area contributed by atoms with Crippen LogP contribution in [0.15, 0.2) is 54.6 Å². The van der Waals surface area contributed by atoms with E-state index >= 15 is 0 Å². The first-order chi connectivity index (χ1) is 15.9. The summed E-state index contributed by atoms with van der Waals surface area (Å²) in [6.45, 7) is 0.599. The topological polar surface area (TPSA) is 65.1 Å². The molecule has 0 spiro atoms. The number of anilines is 1. The van der Waals surface area contributed by atoms with Gasteiger partial charge in [-0.1, -0.05) is 30.3 Å². The van der Waals surface area contributed by atoms with E-state index in [4.69, 9.17) is 0 Å². The second kappa shape index (κ2) is 12.2. The highest BCUT2D eigenvalue weighted by molar-refractivity contribution is 5.97. The number of carbonyl (C=O) groups excluding carboxylic acids is 2. The molecular weight excluding hydrogens is 430 g/mol. The fourth-order valence-electron chi connectivity index (χ4n) is 3.74. The summed E-state index contributed by atoms with van der Waals surface area (Å²) in [5.74, 6) is -0.525. The summed E-state index contributed by atoms with van der Waals surface area (Å²) in [6, 6.07) is 16.1. The summed E-state index contributed by atoms with van der Waals surface area (Å²) < 4.78 is 29.7. The summed E-state index contributed by atoms with van der Waals surface area (Å²) in [5, 5.41) is 2.95. The van der Waals surface area contributed by atoms with Crippen LogP contribution in [0.2, 0.25) is 0 Å².